The molecule has 1 N–H and O–H groups in total. The molecule has 1 saturated carbocycles. The van der Waals surface area contributed by atoms with Gasteiger partial charge in [-0.25, -0.2) is 4.79 Å². The zero-order valence-electron chi connectivity index (χ0n) is 17.0. The third-order valence-corrected chi connectivity index (χ3v) is 6.43. The highest BCUT2D eigenvalue weighted by molar-refractivity contribution is 5.93. The highest BCUT2D eigenvalue weighted by Gasteiger charge is 2.55. The van der Waals surface area contributed by atoms with Gasteiger partial charge in [-0.1, -0.05) is 25.5 Å². The van der Waals surface area contributed by atoms with Gasteiger partial charge in [0.15, 0.2) is 0 Å². The molecule has 27 heavy (non-hydrogen) atoms. The Labute approximate surface area is 161 Å². The molecule has 5 nitrogen and oxygen atoms in total. The molecule has 3 rings (SSSR count). The summed E-state index contributed by atoms with van der Waals surface area (Å²) in [6, 6.07) is 0. The Kier molecular flexibility index (Phi) is 5.80. The molecule has 2 aliphatic carbocycles. The first-order valence-corrected chi connectivity index (χ1v) is 10.1. The Balaban J connectivity index is 1.98. The molecule has 7 atom stereocenters. The third-order valence-electron chi connectivity index (χ3n) is 6.43. The van der Waals surface area contributed by atoms with Gasteiger partial charge in [0.2, 0.25) is 6.29 Å². The van der Waals surface area contributed by atoms with Crippen molar-refractivity contribution in [2.75, 3.05) is 0 Å². The second kappa shape index (κ2) is 7.78. The fraction of sp³-hybridized carbons (Fsp3) is 0.727. The second-order valence-electron chi connectivity index (χ2n) is 8.86. The number of hydrogen-bond donors (Lipinski definition) is 1. The van der Waals surface area contributed by atoms with Crippen LogP contribution in [0.3, 0.4) is 0 Å². The number of aliphatic hydroxyl groups excluding tert-OH is 1. The Morgan fingerprint density at radius 1 is 1.33 bits per heavy atom. The van der Waals surface area contributed by atoms with Crippen LogP contribution < -0.4 is 0 Å². The summed E-state index contributed by atoms with van der Waals surface area (Å²) in [6.45, 7) is 9.87. The molecule has 1 fully saturated rings. The molecule has 0 aromatic carbocycles. The van der Waals surface area contributed by atoms with Crippen molar-refractivity contribution in [3.05, 3.63) is 22.8 Å². The van der Waals surface area contributed by atoms with Crippen LogP contribution in [-0.4, -0.2) is 29.4 Å². The molecule has 0 aromatic heterocycles. The van der Waals surface area contributed by atoms with Crippen LogP contribution in [0.15, 0.2) is 22.8 Å². The average Bonchev–Trinajstić information content (AvgIpc) is 3.26. The van der Waals surface area contributed by atoms with Crippen LogP contribution in [-0.2, 0) is 19.1 Å². The highest BCUT2D eigenvalue weighted by atomic mass is 16.6. The number of fused-ring (bicyclic) bond motifs is 2. The minimum Gasteiger partial charge on any atom is -0.462 e. The number of aliphatic hydroxyl groups is 1. The van der Waals surface area contributed by atoms with Gasteiger partial charge in [0, 0.05) is 24.0 Å². The SMILES string of the molecule is CC(=O)O[C@H]1C[C@H](C)[C@H]2C[C@H]2C2=C([C@H]1[C@H](C)CCC=C(C)C)[C@H](O)OC2=O. The molecule has 0 bridgehead atoms. The summed E-state index contributed by atoms with van der Waals surface area (Å²) < 4.78 is 11.0. The zero-order chi connectivity index (χ0) is 19.9. The molecule has 0 unspecified atom stereocenters. The van der Waals surface area contributed by atoms with E-state index in [4.69, 9.17) is 9.47 Å². The lowest BCUT2D eigenvalue weighted by molar-refractivity contribution is -0.156. The van der Waals surface area contributed by atoms with Gasteiger partial charge in [0.25, 0.3) is 0 Å². The number of hydrogen-bond acceptors (Lipinski definition) is 5. The first-order valence-electron chi connectivity index (χ1n) is 10.1. The molecule has 5 heteroatoms. The van der Waals surface area contributed by atoms with Crippen molar-refractivity contribution in [3.8, 4) is 0 Å². The molecular weight excluding hydrogens is 344 g/mol. The number of carbonyl (C=O) groups excluding carboxylic acids is 2. The quantitative estimate of drug-likeness (QED) is 0.584. The van der Waals surface area contributed by atoms with Gasteiger partial charge in [-0.2, -0.15) is 0 Å². The number of ether oxygens (including phenoxy) is 2. The van der Waals surface area contributed by atoms with Crippen LogP contribution >= 0.6 is 0 Å². The van der Waals surface area contributed by atoms with E-state index < -0.39 is 6.29 Å². The van der Waals surface area contributed by atoms with E-state index in [9.17, 15) is 14.7 Å². The van der Waals surface area contributed by atoms with Gasteiger partial charge in [-0.3, -0.25) is 4.79 Å². The number of esters is 2. The van der Waals surface area contributed by atoms with Crippen molar-refractivity contribution in [3.63, 3.8) is 0 Å². The van der Waals surface area contributed by atoms with Gasteiger partial charge in [0.05, 0.1) is 0 Å². The lowest BCUT2D eigenvalue weighted by Crippen LogP contribution is -2.38. The fourth-order valence-corrected chi connectivity index (χ4v) is 5.07. The van der Waals surface area contributed by atoms with Crippen LogP contribution in [0.2, 0.25) is 0 Å². The van der Waals surface area contributed by atoms with E-state index in [-0.39, 0.29) is 35.8 Å². The molecule has 0 aromatic rings. The molecule has 0 saturated heterocycles. The van der Waals surface area contributed by atoms with Crippen molar-refractivity contribution in [1.82, 2.24) is 0 Å². The molecule has 150 valence electrons. The van der Waals surface area contributed by atoms with E-state index >= 15 is 0 Å². The Hall–Kier alpha value is -1.62. The molecule has 0 spiro atoms. The smallest absolute Gasteiger partial charge is 0.337 e. The zero-order valence-corrected chi connectivity index (χ0v) is 17.0. The normalized spacial score (nSPS) is 36.0. The molecular formula is C22H32O5. The topological polar surface area (TPSA) is 72.8 Å². The summed E-state index contributed by atoms with van der Waals surface area (Å²) in [6.07, 6.45) is 4.17. The van der Waals surface area contributed by atoms with E-state index in [1.54, 1.807) is 0 Å². The van der Waals surface area contributed by atoms with Crippen molar-refractivity contribution < 1.29 is 24.2 Å². The summed E-state index contributed by atoms with van der Waals surface area (Å²) >= 11 is 0. The average molecular weight is 376 g/mol. The maximum Gasteiger partial charge on any atom is 0.337 e. The van der Waals surface area contributed by atoms with Crippen LogP contribution in [0.4, 0.5) is 0 Å². The molecule has 1 heterocycles. The molecule has 1 aliphatic heterocycles. The van der Waals surface area contributed by atoms with Crippen molar-refractivity contribution in [2.24, 2.45) is 29.6 Å². The minimum absolute atomic E-state index is 0.154. The maximum atomic E-state index is 12.5. The van der Waals surface area contributed by atoms with Gasteiger partial charge in [-0.15, -0.1) is 0 Å². The Morgan fingerprint density at radius 3 is 2.67 bits per heavy atom. The first-order chi connectivity index (χ1) is 12.7. The van der Waals surface area contributed by atoms with E-state index in [2.05, 4.69) is 33.8 Å². The van der Waals surface area contributed by atoms with Crippen LogP contribution in [0.5, 0.6) is 0 Å². The van der Waals surface area contributed by atoms with E-state index in [1.807, 2.05) is 0 Å². The summed E-state index contributed by atoms with van der Waals surface area (Å²) in [5, 5.41) is 10.5. The molecule has 0 amide bonds. The second-order valence-corrected chi connectivity index (χ2v) is 8.86. The minimum atomic E-state index is -1.21. The lowest BCUT2D eigenvalue weighted by Gasteiger charge is -2.36. The maximum absolute atomic E-state index is 12.5. The monoisotopic (exact) mass is 376 g/mol. The largest absolute Gasteiger partial charge is 0.462 e. The number of allylic oxidation sites excluding steroid dienone is 2. The first kappa shape index (κ1) is 20.1. The predicted molar refractivity (Wildman–Crippen MR) is 101 cm³/mol. The van der Waals surface area contributed by atoms with Gasteiger partial charge >= 0.3 is 11.9 Å². The molecule has 3 aliphatic rings. The van der Waals surface area contributed by atoms with Crippen molar-refractivity contribution in [2.45, 2.75) is 72.7 Å². The molecule has 0 radical (unpaired) electrons. The Bertz CT molecular complexity index is 672. The lowest BCUT2D eigenvalue weighted by atomic mass is 9.73. The van der Waals surface area contributed by atoms with Crippen LogP contribution in [0.1, 0.15) is 60.3 Å². The van der Waals surface area contributed by atoms with Gasteiger partial charge < -0.3 is 14.6 Å². The van der Waals surface area contributed by atoms with Crippen molar-refractivity contribution >= 4 is 11.9 Å². The van der Waals surface area contributed by atoms with E-state index in [0.717, 1.165) is 25.7 Å². The number of rotatable bonds is 5. The number of cyclic esters (lactones) is 1. The van der Waals surface area contributed by atoms with Gasteiger partial charge in [0.1, 0.15) is 6.10 Å². The Morgan fingerprint density at radius 2 is 2.04 bits per heavy atom. The van der Waals surface area contributed by atoms with Crippen LogP contribution in [0.25, 0.3) is 0 Å². The van der Waals surface area contributed by atoms with Gasteiger partial charge in [-0.05, 0) is 63.2 Å². The predicted octanol–water partition coefficient (Wildman–Crippen LogP) is 3.76. The summed E-state index contributed by atoms with van der Waals surface area (Å²) in [4.78, 5) is 24.3. The summed E-state index contributed by atoms with van der Waals surface area (Å²) in [7, 11) is 0. The van der Waals surface area contributed by atoms with E-state index in [0.29, 0.717) is 23.0 Å². The standard InChI is InChI=1S/C22H32O5/c1-11(2)7-6-8-12(3)18-17(26-14(5)23)9-13(4)15-10-16(15)19-20(18)22(25)27-21(19)24/h7,12-13,15-18,22,25H,6,8-10H2,1-5H3/t12-,13+,15-,16-,17+,18+,22-/m1/s1. The summed E-state index contributed by atoms with van der Waals surface area (Å²) in [5.74, 6) is 0.219. The number of carbonyl (C=O) groups is 2. The van der Waals surface area contributed by atoms with E-state index in [1.165, 1.54) is 12.5 Å². The summed E-state index contributed by atoms with van der Waals surface area (Å²) in [5.41, 5.74) is 2.61. The van der Waals surface area contributed by atoms with Crippen LogP contribution in [0, 0.1) is 29.6 Å². The van der Waals surface area contributed by atoms with Crippen molar-refractivity contribution in [1.29, 1.82) is 0 Å². The fourth-order valence-electron chi connectivity index (χ4n) is 5.07. The highest BCUT2D eigenvalue weighted by Crippen LogP contribution is 2.57. The third kappa shape index (κ3) is 4.13.